The van der Waals surface area contributed by atoms with E-state index in [0.29, 0.717) is 13.0 Å². The maximum atomic E-state index is 13.0. The molecule has 0 unspecified atom stereocenters. The summed E-state index contributed by atoms with van der Waals surface area (Å²) < 4.78 is 5.44. The minimum absolute atomic E-state index is 0.0452. The third kappa shape index (κ3) is 7.60. The number of amides is 2. The van der Waals surface area contributed by atoms with Gasteiger partial charge in [-0.2, -0.15) is 0 Å². The van der Waals surface area contributed by atoms with Crippen molar-refractivity contribution in [2.45, 2.75) is 70.7 Å². The van der Waals surface area contributed by atoms with E-state index in [1.807, 2.05) is 60.7 Å². The number of nitrogens with one attached hydrogen (secondary N) is 2. The lowest BCUT2D eigenvalue weighted by molar-refractivity contribution is -0.127. The molecular formula is C27H36N2O4. The average Bonchev–Trinajstić information content (AvgIpc) is 3.27. The number of aliphatic hydroxyl groups is 1. The van der Waals surface area contributed by atoms with E-state index in [1.54, 1.807) is 20.8 Å². The number of aliphatic hydroxyl groups excluding tert-OH is 1. The Morgan fingerprint density at radius 2 is 1.61 bits per heavy atom. The summed E-state index contributed by atoms with van der Waals surface area (Å²) >= 11 is 0. The van der Waals surface area contributed by atoms with Crippen molar-refractivity contribution >= 4 is 12.0 Å². The molecule has 3 N–H and O–H groups in total. The van der Waals surface area contributed by atoms with Gasteiger partial charge in [-0.3, -0.25) is 4.79 Å². The van der Waals surface area contributed by atoms with E-state index < -0.39 is 23.8 Å². The number of carbonyl (C=O) groups is 2. The van der Waals surface area contributed by atoms with Crippen LogP contribution in [0.4, 0.5) is 4.79 Å². The molecule has 0 aromatic heterocycles. The molecule has 6 nitrogen and oxygen atoms in total. The zero-order valence-corrected chi connectivity index (χ0v) is 19.8. The van der Waals surface area contributed by atoms with Gasteiger partial charge in [0.15, 0.2) is 0 Å². The van der Waals surface area contributed by atoms with E-state index in [2.05, 4.69) is 10.6 Å². The fourth-order valence-electron chi connectivity index (χ4n) is 4.52. The standard InChI is InChI=1S/C27H36N2O4/c1-27(2,3)33-26(32)29-23(17-19-11-6-4-7-12-19)24(30)21-15-10-16-22(21)25(31)28-18-20-13-8-5-9-14-20/h4-9,11-14,21-24,30H,10,15-18H2,1-3H3,(H,28,31)(H,29,32)/t21-,22+,23-,24-/m0/s1. The van der Waals surface area contributed by atoms with Crippen LogP contribution in [0.25, 0.3) is 0 Å². The second kappa shape index (κ2) is 11.3. The summed E-state index contributed by atoms with van der Waals surface area (Å²) in [7, 11) is 0. The molecule has 0 radical (unpaired) electrons. The van der Waals surface area contributed by atoms with Crippen molar-refractivity contribution < 1.29 is 19.4 Å². The smallest absolute Gasteiger partial charge is 0.407 e. The molecule has 3 rings (SSSR count). The van der Waals surface area contributed by atoms with Crippen LogP contribution in [0.1, 0.15) is 51.2 Å². The summed E-state index contributed by atoms with van der Waals surface area (Å²) in [5.41, 5.74) is 1.40. The number of benzene rings is 2. The summed E-state index contributed by atoms with van der Waals surface area (Å²) in [6.45, 7) is 5.88. The van der Waals surface area contributed by atoms with Crippen LogP contribution in [0.2, 0.25) is 0 Å². The van der Waals surface area contributed by atoms with Crippen LogP contribution in [0.5, 0.6) is 0 Å². The van der Waals surface area contributed by atoms with Crippen molar-refractivity contribution in [2.75, 3.05) is 0 Å². The molecule has 1 fully saturated rings. The summed E-state index contributed by atoms with van der Waals surface area (Å²) in [6.07, 6.45) is 1.36. The highest BCUT2D eigenvalue weighted by Gasteiger charge is 2.41. The molecule has 2 amide bonds. The molecule has 0 aliphatic heterocycles. The van der Waals surface area contributed by atoms with E-state index in [0.717, 1.165) is 30.4 Å². The monoisotopic (exact) mass is 452 g/mol. The first-order chi connectivity index (χ1) is 15.7. The zero-order chi connectivity index (χ0) is 23.8. The van der Waals surface area contributed by atoms with Gasteiger partial charge in [0.05, 0.1) is 12.1 Å². The maximum Gasteiger partial charge on any atom is 0.407 e. The van der Waals surface area contributed by atoms with E-state index in [1.165, 1.54) is 0 Å². The third-order valence-corrected chi connectivity index (χ3v) is 6.07. The van der Waals surface area contributed by atoms with Crippen molar-refractivity contribution in [3.63, 3.8) is 0 Å². The van der Waals surface area contributed by atoms with E-state index in [-0.39, 0.29) is 17.7 Å². The SMILES string of the molecule is CC(C)(C)OC(=O)N[C@@H](Cc1ccccc1)[C@@H](O)[C@H]1CCC[C@H]1C(=O)NCc1ccccc1. The van der Waals surface area contributed by atoms with Crippen LogP contribution in [-0.4, -0.2) is 34.9 Å². The molecule has 1 aliphatic rings. The lowest BCUT2D eigenvalue weighted by Crippen LogP contribution is -2.51. The van der Waals surface area contributed by atoms with Crippen molar-refractivity contribution in [3.05, 3.63) is 71.8 Å². The molecule has 0 bridgehead atoms. The Hall–Kier alpha value is -2.86. The van der Waals surface area contributed by atoms with Crippen LogP contribution in [0.15, 0.2) is 60.7 Å². The van der Waals surface area contributed by atoms with Gasteiger partial charge in [0.2, 0.25) is 5.91 Å². The molecule has 1 aliphatic carbocycles. The maximum absolute atomic E-state index is 13.0. The number of carbonyl (C=O) groups excluding carboxylic acids is 2. The van der Waals surface area contributed by atoms with Crippen LogP contribution in [-0.2, 0) is 22.5 Å². The quantitative estimate of drug-likeness (QED) is 0.560. The highest BCUT2D eigenvalue weighted by Crippen LogP contribution is 2.36. The molecule has 178 valence electrons. The summed E-state index contributed by atoms with van der Waals surface area (Å²) in [4.78, 5) is 25.5. The average molecular weight is 453 g/mol. The molecule has 0 heterocycles. The van der Waals surface area contributed by atoms with Crippen LogP contribution in [0, 0.1) is 11.8 Å². The Labute approximate surface area is 196 Å². The summed E-state index contributed by atoms with van der Waals surface area (Å²) in [5, 5.41) is 17.3. The summed E-state index contributed by atoms with van der Waals surface area (Å²) in [6, 6.07) is 19.0. The molecule has 2 aromatic rings. The van der Waals surface area contributed by atoms with Gasteiger partial charge in [0, 0.05) is 12.5 Å². The lowest BCUT2D eigenvalue weighted by atomic mass is 9.84. The molecular weight excluding hydrogens is 416 g/mol. The third-order valence-electron chi connectivity index (χ3n) is 6.07. The van der Waals surface area contributed by atoms with Gasteiger partial charge in [-0.15, -0.1) is 0 Å². The Balaban J connectivity index is 1.70. The second-order valence-electron chi connectivity index (χ2n) is 9.84. The highest BCUT2D eigenvalue weighted by molar-refractivity contribution is 5.79. The van der Waals surface area contributed by atoms with Crippen molar-refractivity contribution in [2.24, 2.45) is 11.8 Å². The van der Waals surface area contributed by atoms with Crippen molar-refractivity contribution in [1.82, 2.24) is 10.6 Å². The molecule has 0 spiro atoms. The predicted molar refractivity (Wildman–Crippen MR) is 128 cm³/mol. The second-order valence-corrected chi connectivity index (χ2v) is 9.84. The summed E-state index contributed by atoms with van der Waals surface area (Å²) in [5.74, 6) is -0.567. The van der Waals surface area contributed by atoms with Crippen LogP contribution < -0.4 is 10.6 Å². The Kier molecular flexibility index (Phi) is 8.50. The first kappa shape index (κ1) is 24.8. The first-order valence-electron chi connectivity index (χ1n) is 11.8. The van der Waals surface area contributed by atoms with Crippen LogP contribution >= 0.6 is 0 Å². The number of hydrogen-bond acceptors (Lipinski definition) is 4. The number of alkyl carbamates (subject to hydrolysis) is 1. The van der Waals surface area contributed by atoms with Gasteiger partial charge >= 0.3 is 6.09 Å². The molecule has 0 saturated heterocycles. The topological polar surface area (TPSA) is 87.7 Å². The minimum Gasteiger partial charge on any atom is -0.444 e. The van der Waals surface area contributed by atoms with E-state index in [4.69, 9.17) is 4.74 Å². The molecule has 4 atom stereocenters. The Morgan fingerprint density at radius 1 is 1.00 bits per heavy atom. The van der Waals surface area contributed by atoms with Gasteiger partial charge in [-0.1, -0.05) is 67.1 Å². The first-order valence-corrected chi connectivity index (χ1v) is 11.8. The Bertz CT molecular complexity index is 895. The number of rotatable bonds is 8. The fraction of sp³-hybridized carbons (Fsp3) is 0.481. The molecule has 2 aromatic carbocycles. The van der Waals surface area contributed by atoms with Gasteiger partial charge in [-0.25, -0.2) is 4.79 Å². The minimum atomic E-state index is -0.868. The highest BCUT2D eigenvalue weighted by atomic mass is 16.6. The van der Waals surface area contributed by atoms with E-state index in [9.17, 15) is 14.7 Å². The van der Waals surface area contributed by atoms with Gasteiger partial charge in [0.25, 0.3) is 0 Å². The normalized spacial score (nSPS) is 20.0. The lowest BCUT2D eigenvalue weighted by Gasteiger charge is -2.32. The molecule has 6 heteroatoms. The zero-order valence-electron chi connectivity index (χ0n) is 19.8. The van der Waals surface area contributed by atoms with Crippen molar-refractivity contribution in [3.8, 4) is 0 Å². The van der Waals surface area contributed by atoms with Crippen molar-refractivity contribution in [1.29, 1.82) is 0 Å². The van der Waals surface area contributed by atoms with Crippen LogP contribution in [0.3, 0.4) is 0 Å². The van der Waals surface area contributed by atoms with E-state index >= 15 is 0 Å². The van der Waals surface area contributed by atoms with Gasteiger partial charge in [0.1, 0.15) is 5.60 Å². The molecule has 33 heavy (non-hydrogen) atoms. The largest absolute Gasteiger partial charge is 0.444 e. The fourth-order valence-corrected chi connectivity index (χ4v) is 4.52. The predicted octanol–water partition coefficient (Wildman–Crippen LogP) is 4.22. The van der Waals surface area contributed by atoms with Gasteiger partial charge in [-0.05, 0) is 57.1 Å². The van der Waals surface area contributed by atoms with Gasteiger partial charge < -0.3 is 20.5 Å². The molecule has 1 saturated carbocycles. The number of ether oxygens (including phenoxy) is 1. The Morgan fingerprint density at radius 3 is 2.21 bits per heavy atom. The number of hydrogen-bond donors (Lipinski definition) is 3.